The van der Waals surface area contributed by atoms with Crippen molar-refractivity contribution in [2.75, 3.05) is 13.1 Å². The van der Waals surface area contributed by atoms with Crippen LogP contribution >= 0.6 is 0 Å². The van der Waals surface area contributed by atoms with Gasteiger partial charge in [0.2, 0.25) is 5.91 Å². The second kappa shape index (κ2) is 6.00. The van der Waals surface area contributed by atoms with E-state index in [1.165, 1.54) is 0 Å². The van der Waals surface area contributed by atoms with E-state index in [9.17, 15) is 4.79 Å². The lowest BCUT2D eigenvalue weighted by atomic mass is 10.2. The molecule has 1 rings (SSSR count). The first kappa shape index (κ1) is 11.4. The number of likely N-dealkylation sites (N-methyl/N-ethyl adjacent to an activating group) is 1. The van der Waals surface area contributed by atoms with E-state index in [1.807, 2.05) is 13.8 Å². The Balaban J connectivity index is 0.000000561. The van der Waals surface area contributed by atoms with Crippen LogP contribution in [-0.2, 0) is 4.79 Å². The van der Waals surface area contributed by atoms with Gasteiger partial charge in [0.1, 0.15) is 0 Å². The first-order valence-corrected chi connectivity index (χ1v) is 4.79. The summed E-state index contributed by atoms with van der Waals surface area (Å²) in [5.41, 5.74) is 5.18. The van der Waals surface area contributed by atoms with Crippen LogP contribution in [0.2, 0.25) is 0 Å². The molecule has 1 aliphatic heterocycles. The Labute approximate surface area is 74.9 Å². The van der Waals surface area contributed by atoms with Gasteiger partial charge in [0.05, 0.1) is 6.04 Å². The Morgan fingerprint density at radius 2 is 2.17 bits per heavy atom. The zero-order valence-corrected chi connectivity index (χ0v) is 8.34. The number of amides is 1. The summed E-state index contributed by atoms with van der Waals surface area (Å²) in [6.07, 6.45) is 2.06. The molecule has 0 bridgehead atoms. The summed E-state index contributed by atoms with van der Waals surface area (Å²) in [5.74, 6) is -0.167. The van der Waals surface area contributed by atoms with Crippen LogP contribution in [0, 0.1) is 0 Å². The molecule has 0 aromatic heterocycles. The van der Waals surface area contributed by atoms with Gasteiger partial charge in [-0.1, -0.05) is 20.8 Å². The zero-order valence-electron chi connectivity index (χ0n) is 8.34. The molecule has 0 spiro atoms. The third-order valence-corrected chi connectivity index (χ3v) is 2.10. The third kappa shape index (κ3) is 2.81. The minimum atomic E-state index is -0.167. The number of hydrogen-bond donors (Lipinski definition) is 1. The van der Waals surface area contributed by atoms with Crippen LogP contribution in [0.1, 0.15) is 33.6 Å². The maximum absolute atomic E-state index is 10.8. The summed E-state index contributed by atoms with van der Waals surface area (Å²) in [5, 5.41) is 0. The molecule has 0 saturated carbocycles. The van der Waals surface area contributed by atoms with Crippen molar-refractivity contribution in [2.45, 2.75) is 39.7 Å². The highest BCUT2D eigenvalue weighted by Gasteiger charge is 2.26. The van der Waals surface area contributed by atoms with E-state index in [4.69, 9.17) is 5.73 Å². The van der Waals surface area contributed by atoms with Crippen molar-refractivity contribution in [3.63, 3.8) is 0 Å². The van der Waals surface area contributed by atoms with Gasteiger partial charge < -0.3 is 5.73 Å². The molecule has 2 N–H and O–H groups in total. The number of nitrogens with two attached hydrogens (primary N) is 1. The van der Waals surface area contributed by atoms with E-state index in [0.29, 0.717) is 0 Å². The topological polar surface area (TPSA) is 46.3 Å². The fourth-order valence-electron chi connectivity index (χ4n) is 1.53. The smallest absolute Gasteiger partial charge is 0.234 e. The molecule has 1 aliphatic rings. The maximum atomic E-state index is 10.8. The number of rotatable bonds is 2. The van der Waals surface area contributed by atoms with Gasteiger partial charge in [-0.15, -0.1) is 0 Å². The largest absolute Gasteiger partial charge is 0.368 e. The van der Waals surface area contributed by atoms with Crippen LogP contribution in [0.25, 0.3) is 0 Å². The monoisotopic (exact) mass is 172 g/mol. The van der Waals surface area contributed by atoms with Gasteiger partial charge in [-0.3, -0.25) is 9.69 Å². The molecule has 0 aromatic rings. The number of carbonyl (C=O) groups excluding carboxylic acids is 1. The van der Waals surface area contributed by atoms with Crippen LogP contribution < -0.4 is 5.73 Å². The lowest BCUT2D eigenvalue weighted by molar-refractivity contribution is -0.122. The Kier molecular flexibility index (Phi) is 5.72. The standard InChI is InChI=1S/C7H14N2O.C2H6/c1-2-9-5-3-4-6(9)7(8)10;1-2/h6H,2-5H2,1H3,(H2,8,10);1-2H3/t6-;/m0./s1. The molecule has 1 amide bonds. The van der Waals surface area contributed by atoms with Gasteiger partial charge >= 0.3 is 0 Å². The van der Waals surface area contributed by atoms with Crippen LogP contribution in [0.3, 0.4) is 0 Å². The lowest BCUT2D eigenvalue weighted by Crippen LogP contribution is -2.39. The normalized spacial score (nSPS) is 23.1. The zero-order chi connectivity index (χ0) is 9.56. The summed E-state index contributed by atoms with van der Waals surface area (Å²) < 4.78 is 0. The van der Waals surface area contributed by atoms with E-state index >= 15 is 0 Å². The fourth-order valence-corrected chi connectivity index (χ4v) is 1.53. The average Bonchev–Trinajstić information content (AvgIpc) is 2.55. The van der Waals surface area contributed by atoms with E-state index in [2.05, 4.69) is 11.8 Å². The predicted octanol–water partition coefficient (Wildman–Crippen LogP) is 0.982. The lowest BCUT2D eigenvalue weighted by Gasteiger charge is -2.18. The first-order valence-electron chi connectivity index (χ1n) is 4.79. The molecule has 0 aromatic carbocycles. The molecule has 1 fully saturated rings. The number of likely N-dealkylation sites (tertiary alicyclic amines) is 1. The molecular formula is C9H20N2O. The molecule has 1 saturated heterocycles. The molecule has 0 radical (unpaired) electrons. The SMILES string of the molecule is CC.CCN1CCC[C@H]1C(N)=O. The predicted molar refractivity (Wildman–Crippen MR) is 50.8 cm³/mol. The van der Waals surface area contributed by atoms with Gasteiger partial charge in [0, 0.05) is 0 Å². The van der Waals surface area contributed by atoms with Crippen molar-refractivity contribution in [1.29, 1.82) is 0 Å². The van der Waals surface area contributed by atoms with Crippen molar-refractivity contribution >= 4 is 5.91 Å². The van der Waals surface area contributed by atoms with Crippen molar-refractivity contribution in [3.05, 3.63) is 0 Å². The van der Waals surface area contributed by atoms with E-state index in [-0.39, 0.29) is 11.9 Å². The van der Waals surface area contributed by atoms with Gasteiger partial charge in [-0.2, -0.15) is 0 Å². The summed E-state index contributed by atoms with van der Waals surface area (Å²) in [4.78, 5) is 12.9. The van der Waals surface area contributed by atoms with Crippen molar-refractivity contribution in [2.24, 2.45) is 5.73 Å². The summed E-state index contributed by atoms with van der Waals surface area (Å²) in [6, 6.07) is 0.0185. The third-order valence-electron chi connectivity index (χ3n) is 2.10. The van der Waals surface area contributed by atoms with Gasteiger partial charge in [0.15, 0.2) is 0 Å². The highest BCUT2D eigenvalue weighted by atomic mass is 16.1. The Hall–Kier alpha value is -0.570. The second-order valence-electron chi connectivity index (χ2n) is 2.69. The molecule has 12 heavy (non-hydrogen) atoms. The van der Waals surface area contributed by atoms with Crippen LogP contribution in [0.15, 0.2) is 0 Å². The first-order chi connectivity index (χ1) is 5.75. The van der Waals surface area contributed by atoms with E-state index in [0.717, 1.165) is 25.9 Å². The molecule has 3 heteroatoms. The number of primary amides is 1. The average molecular weight is 172 g/mol. The summed E-state index contributed by atoms with van der Waals surface area (Å²) in [6.45, 7) is 8.03. The van der Waals surface area contributed by atoms with Gasteiger partial charge in [0.25, 0.3) is 0 Å². The van der Waals surface area contributed by atoms with E-state index in [1.54, 1.807) is 0 Å². The fraction of sp³-hybridized carbons (Fsp3) is 0.889. The minimum absolute atomic E-state index is 0.0185. The highest BCUT2D eigenvalue weighted by molar-refractivity contribution is 5.80. The van der Waals surface area contributed by atoms with Crippen LogP contribution in [0.5, 0.6) is 0 Å². The summed E-state index contributed by atoms with van der Waals surface area (Å²) in [7, 11) is 0. The van der Waals surface area contributed by atoms with Gasteiger partial charge in [-0.05, 0) is 25.9 Å². The molecular weight excluding hydrogens is 152 g/mol. The minimum Gasteiger partial charge on any atom is -0.368 e. The molecule has 1 heterocycles. The Morgan fingerprint density at radius 1 is 1.58 bits per heavy atom. The Bertz CT molecular complexity index is 136. The van der Waals surface area contributed by atoms with Crippen molar-refractivity contribution in [3.8, 4) is 0 Å². The van der Waals surface area contributed by atoms with E-state index < -0.39 is 0 Å². The number of carbonyl (C=O) groups is 1. The van der Waals surface area contributed by atoms with Gasteiger partial charge in [-0.25, -0.2) is 0 Å². The van der Waals surface area contributed by atoms with Crippen LogP contribution in [-0.4, -0.2) is 29.9 Å². The molecule has 72 valence electrons. The van der Waals surface area contributed by atoms with Crippen molar-refractivity contribution < 1.29 is 4.79 Å². The molecule has 0 unspecified atom stereocenters. The maximum Gasteiger partial charge on any atom is 0.234 e. The van der Waals surface area contributed by atoms with Crippen LogP contribution in [0.4, 0.5) is 0 Å². The molecule has 3 nitrogen and oxygen atoms in total. The molecule has 1 atom stereocenters. The Morgan fingerprint density at radius 3 is 2.50 bits per heavy atom. The summed E-state index contributed by atoms with van der Waals surface area (Å²) >= 11 is 0. The number of nitrogens with zero attached hydrogens (tertiary/aromatic N) is 1. The second-order valence-corrected chi connectivity index (χ2v) is 2.69. The highest BCUT2D eigenvalue weighted by Crippen LogP contribution is 2.15. The quantitative estimate of drug-likeness (QED) is 0.675. The van der Waals surface area contributed by atoms with Crippen molar-refractivity contribution in [1.82, 2.24) is 4.90 Å². The number of hydrogen-bond acceptors (Lipinski definition) is 2. The molecule has 0 aliphatic carbocycles.